The number of nitrogens with one attached hydrogen (secondary N) is 1. The first kappa shape index (κ1) is 19.5. The molecule has 2 unspecified atom stereocenters. The van der Waals surface area contributed by atoms with E-state index < -0.39 is 47.4 Å². The van der Waals surface area contributed by atoms with E-state index in [0.717, 1.165) is 12.1 Å². The van der Waals surface area contributed by atoms with Gasteiger partial charge in [-0.1, -0.05) is 0 Å². The molecule has 2 aromatic carbocycles. The van der Waals surface area contributed by atoms with Crippen molar-refractivity contribution in [3.05, 3.63) is 53.9 Å². The first-order valence-electron chi connectivity index (χ1n) is 8.67. The molecule has 10 heteroatoms. The van der Waals surface area contributed by atoms with E-state index >= 15 is 0 Å². The fourth-order valence-electron chi connectivity index (χ4n) is 3.28. The molecular weight excluding hydrogens is 414 g/mol. The fourth-order valence-corrected chi connectivity index (χ4v) is 3.63. The minimum absolute atomic E-state index is 0.216. The molecule has 1 amide bonds. The molecule has 0 saturated carbocycles. The lowest BCUT2D eigenvalue weighted by atomic mass is 9.91. The molecule has 1 aromatic heterocycles. The van der Waals surface area contributed by atoms with E-state index in [1.807, 2.05) is 0 Å². The molecular formula is C19H14ClF4N3O2. The average Bonchev–Trinajstić information content (AvgIpc) is 3.14. The van der Waals surface area contributed by atoms with Crippen molar-refractivity contribution in [3.63, 3.8) is 0 Å². The Morgan fingerprint density at radius 2 is 1.93 bits per heavy atom. The number of nitrogens with zero attached hydrogens (tertiary/aromatic N) is 2. The maximum atomic E-state index is 14.7. The topological polar surface area (TPSA) is 58.2 Å². The van der Waals surface area contributed by atoms with Crippen molar-refractivity contribution in [1.29, 1.82) is 0 Å². The highest BCUT2D eigenvalue weighted by Crippen LogP contribution is 2.44. The number of aromatic nitrogens is 2. The number of imidazole rings is 1. The SMILES string of the molecule is O=C1C(Cl)C(c2c(F)cc(OCCC(F)F)cc2F)N1c1ccc2nc[nH]c2c1. The van der Waals surface area contributed by atoms with E-state index in [1.54, 1.807) is 18.2 Å². The Hall–Kier alpha value is -2.81. The van der Waals surface area contributed by atoms with Crippen LogP contribution in [0.3, 0.4) is 0 Å². The molecule has 2 atom stereocenters. The lowest BCUT2D eigenvalue weighted by Gasteiger charge is -2.44. The predicted molar refractivity (Wildman–Crippen MR) is 98.4 cm³/mol. The summed E-state index contributed by atoms with van der Waals surface area (Å²) in [5.74, 6) is -2.67. The molecule has 1 saturated heterocycles. The summed E-state index contributed by atoms with van der Waals surface area (Å²) >= 11 is 6.08. The Bertz CT molecular complexity index is 1050. The van der Waals surface area contributed by atoms with Crippen LogP contribution in [0.5, 0.6) is 5.75 Å². The lowest BCUT2D eigenvalue weighted by molar-refractivity contribution is -0.123. The maximum absolute atomic E-state index is 14.7. The van der Waals surface area contributed by atoms with Gasteiger partial charge in [-0.15, -0.1) is 11.6 Å². The number of H-pyrrole nitrogens is 1. The van der Waals surface area contributed by atoms with Crippen molar-refractivity contribution in [2.24, 2.45) is 0 Å². The number of carbonyl (C=O) groups excluding carboxylic acids is 1. The largest absolute Gasteiger partial charge is 0.493 e. The van der Waals surface area contributed by atoms with Gasteiger partial charge in [0.1, 0.15) is 22.8 Å². The van der Waals surface area contributed by atoms with Crippen molar-refractivity contribution < 1.29 is 27.1 Å². The van der Waals surface area contributed by atoms with E-state index in [2.05, 4.69) is 9.97 Å². The van der Waals surface area contributed by atoms with Gasteiger partial charge in [0.2, 0.25) is 12.3 Å². The van der Waals surface area contributed by atoms with Crippen LogP contribution in [0.1, 0.15) is 18.0 Å². The molecule has 0 radical (unpaired) electrons. The van der Waals surface area contributed by atoms with Crippen LogP contribution < -0.4 is 9.64 Å². The zero-order chi connectivity index (χ0) is 20.7. The van der Waals surface area contributed by atoms with Crippen LogP contribution in [0.4, 0.5) is 23.2 Å². The van der Waals surface area contributed by atoms with Crippen LogP contribution in [-0.2, 0) is 4.79 Å². The molecule has 29 heavy (non-hydrogen) atoms. The van der Waals surface area contributed by atoms with Crippen LogP contribution in [-0.4, -0.2) is 34.3 Å². The maximum Gasteiger partial charge on any atom is 0.248 e. The number of rotatable bonds is 6. The summed E-state index contributed by atoms with van der Waals surface area (Å²) in [6.45, 7) is -0.383. The average molecular weight is 428 g/mol. The van der Waals surface area contributed by atoms with Gasteiger partial charge >= 0.3 is 0 Å². The van der Waals surface area contributed by atoms with E-state index in [4.69, 9.17) is 16.3 Å². The van der Waals surface area contributed by atoms with Crippen LogP contribution in [0, 0.1) is 11.6 Å². The molecule has 5 nitrogen and oxygen atoms in total. The summed E-state index contributed by atoms with van der Waals surface area (Å²) in [5, 5.41) is -1.15. The minimum Gasteiger partial charge on any atom is -0.493 e. The monoisotopic (exact) mass is 427 g/mol. The molecule has 4 rings (SSSR count). The Labute approximate surface area is 167 Å². The molecule has 1 fully saturated rings. The molecule has 1 N–H and O–H groups in total. The smallest absolute Gasteiger partial charge is 0.248 e. The lowest BCUT2D eigenvalue weighted by Crippen LogP contribution is -2.57. The van der Waals surface area contributed by atoms with Crippen molar-refractivity contribution in [2.45, 2.75) is 24.3 Å². The second-order valence-electron chi connectivity index (χ2n) is 6.49. The third-order valence-electron chi connectivity index (χ3n) is 4.66. The second-order valence-corrected chi connectivity index (χ2v) is 6.96. The summed E-state index contributed by atoms with van der Waals surface area (Å²) in [6, 6.07) is 5.63. The summed E-state index contributed by atoms with van der Waals surface area (Å²) < 4.78 is 58.7. The van der Waals surface area contributed by atoms with Crippen LogP contribution >= 0.6 is 11.6 Å². The number of halogens is 5. The Morgan fingerprint density at radius 1 is 1.21 bits per heavy atom. The van der Waals surface area contributed by atoms with Crippen LogP contribution in [0.25, 0.3) is 11.0 Å². The zero-order valence-electron chi connectivity index (χ0n) is 14.7. The first-order chi connectivity index (χ1) is 13.9. The number of hydrogen-bond acceptors (Lipinski definition) is 3. The van der Waals surface area contributed by atoms with E-state index in [0.29, 0.717) is 16.7 Å². The number of alkyl halides is 3. The van der Waals surface area contributed by atoms with Gasteiger partial charge in [-0.2, -0.15) is 0 Å². The number of benzene rings is 2. The normalized spacial score (nSPS) is 19.1. The Balaban J connectivity index is 1.64. The summed E-state index contributed by atoms with van der Waals surface area (Å²) in [5.41, 5.74) is 1.33. The second kappa shape index (κ2) is 7.55. The van der Waals surface area contributed by atoms with Gasteiger partial charge in [-0.3, -0.25) is 4.79 Å². The molecule has 1 aliphatic rings. The molecule has 2 heterocycles. The highest BCUT2D eigenvalue weighted by Gasteiger charge is 2.50. The quantitative estimate of drug-likeness (QED) is 0.356. The van der Waals surface area contributed by atoms with E-state index in [1.165, 1.54) is 11.2 Å². The van der Waals surface area contributed by atoms with Crippen molar-refractivity contribution in [2.75, 3.05) is 11.5 Å². The number of carbonyl (C=O) groups is 1. The number of ether oxygens (including phenoxy) is 1. The molecule has 3 aromatic rings. The number of β-lactam (4-membered cyclic amide) rings is 1. The van der Waals surface area contributed by atoms with Gasteiger partial charge in [0, 0.05) is 29.8 Å². The number of amides is 1. The third-order valence-corrected chi connectivity index (χ3v) is 5.09. The highest BCUT2D eigenvalue weighted by molar-refractivity contribution is 6.37. The zero-order valence-corrected chi connectivity index (χ0v) is 15.5. The van der Waals surface area contributed by atoms with Crippen LogP contribution in [0.2, 0.25) is 0 Å². The Kier molecular flexibility index (Phi) is 5.08. The predicted octanol–water partition coefficient (Wildman–Crippen LogP) is 4.57. The standard InChI is InChI=1S/C19H14ClF4N3O2/c20-17-18(16-11(21)6-10(7-12(16)22)29-4-3-15(23)24)27(19(17)28)9-1-2-13-14(5-9)26-8-25-13/h1-2,5-8,15,17-18H,3-4H2,(H,25,26). The van der Waals surface area contributed by atoms with Crippen molar-refractivity contribution in [3.8, 4) is 5.75 Å². The van der Waals surface area contributed by atoms with E-state index in [9.17, 15) is 22.4 Å². The molecule has 0 aliphatic carbocycles. The number of fused-ring (bicyclic) bond motifs is 1. The van der Waals surface area contributed by atoms with Crippen molar-refractivity contribution >= 4 is 34.2 Å². The fraction of sp³-hybridized carbons (Fsp3) is 0.263. The molecule has 0 bridgehead atoms. The Morgan fingerprint density at radius 3 is 2.62 bits per heavy atom. The molecule has 1 aliphatic heterocycles. The summed E-state index contributed by atoms with van der Waals surface area (Å²) in [6.07, 6.45) is -1.65. The minimum atomic E-state index is -2.58. The third kappa shape index (κ3) is 3.50. The van der Waals surface area contributed by atoms with E-state index in [-0.39, 0.29) is 12.4 Å². The van der Waals surface area contributed by atoms with Crippen molar-refractivity contribution in [1.82, 2.24) is 9.97 Å². The van der Waals surface area contributed by atoms with Crippen LogP contribution in [0.15, 0.2) is 36.7 Å². The highest BCUT2D eigenvalue weighted by atomic mass is 35.5. The number of anilines is 1. The number of aromatic amines is 1. The molecule has 152 valence electrons. The summed E-state index contributed by atoms with van der Waals surface area (Å²) in [4.78, 5) is 20.5. The molecule has 0 spiro atoms. The summed E-state index contributed by atoms with van der Waals surface area (Å²) in [7, 11) is 0. The van der Waals surface area contributed by atoms with Gasteiger partial charge in [0.05, 0.1) is 30.0 Å². The van der Waals surface area contributed by atoms with Gasteiger partial charge in [-0.25, -0.2) is 22.5 Å². The van der Waals surface area contributed by atoms with Gasteiger partial charge < -0.3 is 14.6 Å². The first-order valence-corrected chi connectivity index (χ1v) is 9.10. The number of hydrogen-bond donors (Lipinski definition) is 1. The van der Waals surface area contributed by atoms with Gasteiger partial charge in [-0.05, 0) is 18.2 Å². The van der Waals surface area contributed by atoms with Gasteiger partial charge in [0.15, 0.2) is 0 Å². The van der Waals surface area contributed by atoms with Gasteiger partial charge in [0.25, 0.3) is 0 Å².